The zero-order valence-electron chi connectivity index (χ0n) is 26.2. The SMILES string of the molecule is O=C(/C=C/c1ccc(O)c(O)c1)O[C@H](Cc1cccc2c1[C@H](C(=O)O[C@H](Cc1ccc(O)c(O)c1)C(=O)O)[C@@H](c1ccc(O)c(O)c1)O2)C(=O)O. The first kappa shape index (κ1) is 35.4. The predicted octanol–water partition coefficient (Wildman–Crippen LogP) is 3.63. The Morgan fingerprint density at radius 3 is 1.92 bits per heavy atom. The van der Waals surface area contributed by atoms with Crippen molar-refractivity contribution in [3.8, 4) is 40.2 Å². The fourth-order valence-corrected chi connectivity index (χ4v) is 5.47. The number of benzene rings is 4. The number of fused-ring (bicyclic) bond motifs is 1. The van der Waals surface area contributed by atoms with Crippen LogP contribution in [0, 0.1) is 0 Å². The average molecular weight is 703 g/mol. The Balaban J connectivity index is 1.46. The van der Waals surface area contributed by atoms with Gasteiger partial charge in [-0.05, 0) is 70.8 Å². The van der Waals surface area contributed by atoms with Gasteiger partial charge in [0.2, 0.25) is 12.2 Å². The van der Waals surface area contributed by atoms with Crippen LogP contribution in [0.2, 0.25) is 0 Å². The number of rotatable bonds is 12. The molecule has 51 heavy (non-hydrogen) atoms. The highest BCUT2D eigenvalue weighted by atomic mass is 16.6. The third-order valence-electron chi connectivity index (χ3n) is 7.95. The molecular weight excluding hydrogens is 672 g/mol. The largest absolute Gasteiger partial charge is 0.504 e. The summed E-state index contributed by atoms with van der Waals surface area (Å²) in [6, 6.07) is 15.3. The highest BCUT2D eigenvalue weighted by Crippen LogP contribution is 2.49. The van der Waals surface area contributed by atoms with Crippen molar-refractivity contribution in [2.75, 3.05) is 0 Å². The lowest BCUT2D eigenvalue weighted by Crippen LogP contribution is -2.33. The van der Waals surface area contributed by atoms with Gasteiger partial charge in [-0.3, -0.25) is 4.79 Å². The summed E-state index contributed by atoms with van der Waals surface area (Å²) in [7, 11) is 0. The van der Waals surface area contributed by atoms with Crippen LogP contribution in [0.15, 0.2) is 78.9 Å². The Morgan fingerprint density at radius 2 is 1.29 bits per heavy atom. The Bertz CT molecular complexity index is 2040. The summed E-state index contributed by atoms with van der Waals surface area (Å²) < 4.78 is 16.7. The van der Waals surface area contributed by atoms with Crippen LogP contribution in [-0.2, 0) is 41.5 Å². The second-order valence-corrected chi connectivity index (χ2v) is 11.4. The minimum absolute atomic E-state index is 0.0739. The van der Waals surface area contributed by atoms with Gasteiger partial charge in [-0.15, -0.1) is 0 Å². The molecule has 0 radical (unpaired) electrons. The van der Waals surface area contributed by atoms with Crippen LogP contribution >= 0.6 is 0 Å². The summed E-state index contributed by atoms with van der Waals surface area (Å²) in [6.07, 6.45) is -3.66. The Kier molecular flexibility index (Phi) is 10.2. The second-order valence-electron chi connectivity index (χ2n) is 11.4. The van der Waals surface area contributed by atoms with Crippen LogP contribution in [0.25, 0.3) is 6.08 Å². The summed E-state index contributed by atoms with van der Waals surface area (Å²) >= 11 is 0. The molecule has 0 fully saturated rings. The minimum atomic E-state index is -1.80. The van der Waals surface area contributed by atoms with E-state index >= 15 is 0 Å². The zero-order valence-corrected chi connectivity index (χ0v) is 26.2. The molecule has 4 aromatic carbocycles. The number of phenolic OH excluding ortho intramolecular Hbond substituents is 6. The van der Waals surface area contributed by atoms with Gasteiger partial charge in [0.15, 0.2) is 34.5 Å². The highest BCUT2D eigenvalue weighted by molar-refractivity contribution is 5.89. The van der Waals surface area contributed by atoms with E-state index in [1.165, 1.54) is 48.5 Å². The summed E-state index contributed by atoms with van der Waals surface area (Å²) in [6.45, 7) is 0. The predicted molar refractivity (Wildman–Crippen MR) is 173 cm³/mol. The molecule has 0 bridgehead atoms. The van der Waals surface area contributed by atoms with E-state index in [1.807, 2.05) is 0 Å². The highest BCUT2D eigenvalue weighted by Gasteiger charge is 2.45. The van der Waals surface area contributed by atoms with Gasteiger partial charge in [-0.1, -0.05) is 30.3 Å². The van der Waals surface area contributed by atoms with Gasteiger partial charge in [0, 0.05) is 24.5 Å². The lowest BCUT2D eigenvalue weighted by Gasteiger charge is -2.23. The first-order chi connectivity index (χ1) is 24.2. The first-order valence-electron chi connectivity index (χ1n) is 15.1. The third kappa shape index (κ3) is 8.05. The van der Waals surface area contributed by atoms with Crippen LogP contribution in [0.1, 0.15) is 39.8 Å². The van der Waals surface area contributed by atoms with Crippen molar-refractivity contribution in [3.05, 3.63) is 107 Å². The molecule has 0 aromatic heterocycles. The van der Waals surface area contributed by atoms with Crippen LogP contribution < -0.4 is 4.74 Å². The monoisotopic (exact) mass is 702 g/mol. The zero-order chi connectivity index (χ0) is 37.0. The molecule has 5 rings (SSSR count). The minimum Gasteiger partial charge on any atom is -0.504 e. The van der Waals surface area contributed by atoms with Crippen molar-refractivity contribution in [2.45, 2.75) is 37.1 Å². The average Bonchev–Trinajstić information content (AvgIpc) is 3.48. The number of carbonyl (C=O) groups is 4. The van der Waals surface area contributed by atoms with Crippen molar-refractivity contribution in [1.82, 2.24) is 0 Å². The van der Waals surface area contributed by atoms with Crippen molar-refractivity contribution in [1.29, 1.82) is 0 Å². The Hall–Kier alpha value is -6.90. The maximum absolute atomic E-state index is 14.0. The summed E-state index contributed by atoms with van der Waals surface area (Å²) in [4.78, 5) is 51.1. The van der Waals surface area contributed by atoms with E-state index in [0.717, 1.165) is 36.4 Å². The number of carboxylic acid groups (broad SMARTS) is 2. The third-order valence-corrected chi connectivity index (χ3v) is 7.95. The van der Waals surface area contributed by atoms with Gasteiger partial charge in [0.25, 0.3) is 0 Å². The quantitative estimate of drug-likeness (QED) is 0.0596. The number of ether oxygens (including phenoxy) is 3. The van der Waals surface area contributed by atoms with E-state index in [2.05, 4.69) is 0 Å². The summed E-state index contributed by atoms with van der Waals surface area (Å²) in [5.74, 6) is -9.52. The van der Waals surface area contributed by atoms with Crippen LogP contribution in [0.5, 0.6) is 40.2 Å². The molecular formula is C36H30O15. The van der Waals surface area contributed by atoms with Gasteiger partial charge >= 0.3 is 23.9 Å². The van der Waals surface area contributed by atoms with E-state index in [9.17, 15) is 60.0 Å². The molecule has 1 heterocycles. The van der Waals surface area contributed by atoms with Crippen molar-refractivity contribution < 1.29 is 74.2 Å². The number of hydrogen-bond acceptors (Lipinski definition) is 13. The molecule has 15 heteroatoms. The topological polar surface area (TPSA) is 258 Å². The molecule has 0 saturated carbocycles. The summed E-state index contributed by atoms with van der Waals surface area (Å²) in [5, 5.41) is 78.6. The molecule has 0 unspecified atom stereocenters. The molecule has 8 N–H and O–H groups in total. The standard InChI is InChI=1S/C36H30O15/c37-21-8-4-17(12-24(21)40)6-11-30(43)49-29(35(46)47)16-19-2-1-3-27-31(19)32(33(50-27)20-7-10-23(39)26(42)15-20)36(48)51-28(34(44)45)14-18-5-9-22(38)25(41)13-18/h1-13,15,28-29,32-33,37-42H,14,16H2,(H,44,45)(H,46,47)/b11-6+/t28-,29-,32+,33-/m1/s1. The summed E-state index contributed by atoms with van der Waals surface area (Å²) in [5.41, 5.74) is 0.904. The van der Waals surface area contributed by atoms with Crippen LogP contribution in [-0.4, -0.2) is 76.9 Å². The number of aliphatic carboxylic acids is 2. The normalized spacial score (nSPS) is 16.1. The Labute approximate surface area is 288 Å². The van der Waals surface area contributed by atoms with Gasteiger partial charge in [0.1, 0.15) is 17.8 Å². The number of hydrogen-bond donors (Lipinski definition) is 8. The number of aromatic hydroxyl groups is 6. The second kappa shape index (κ2) is 14.7. The van der Waals surface area contributed by atoms with Crippen LogP contribution in [0.4, 0.5) is 0 Å². The van der Waals surface area contributed by atoms with E-state index < -0.39 is 89.7 Å². The maximum atomic E-state index is 14.0. The van der Waals surface area contributed by atoms with Gasteiger partial charge in [0.05, 0.1) is 0 Å². The van der Waals surface area contributed by atoms with Gasteiger partial charge in [-0.25, -0.2) is 14.4 Å². The number of phenols is 6. The van der Waals surface area contributed by atoms with Gasteiger partial charge in [-0.2, -0.15) is 0 Å². The Morgan fingerprint density at radius 1 is 0.686 bits per heavy atom. The van der Waals surface area contributed by atoms with E-state index in [4.69, 9.17) is 14.2 Å². The van der Waals surface area contributed by atoms with Crippen LogP contribution in [0.3, 0.4) is 0 Å². The molecule has 264 valence electrons. The molecule has 0 amide bonds. The smallest absolute Gasteiger partial charge is 0.345 e. The molecule has 4 aromatic rings. The lowest BCUT2D eigenvalue weighted by molar-refractivity contribution is -0.166. The first-order valence-corrected chi connectivity index (χ1v) is 15.1. The molecule has 0 aliphatic carbocycles. The van der Waals surface area contributed by atoms with Crippen molar-refractivity contribution in [2.24, 2.45) is 0 Å². The van der Waals surface area contributed by atoms with E-state index in [1.54, 1.807) is 0 Å². The lowest BCUT2D eigenvalue weighted by atomic mass is 9.86. The number of carboxylic acids is 2. The number of carbonyl (C=O) groups excluding carboxylic acids is 2. The molecule has 0 saturated heterocycles. The fourth-order valence-electron chi connectivity index (χ4n) is 5.47. The van der Waals surface area contributed by atoms with E-state index in [-0.39, 0.29) is 33.8 Å². The van der Waals surface area contributed by atoms with Crippen molar-refractivity contribution in [3.63, 3.8) is 0 Å². The molecule has 15 nitrogen and oxygen atoms in total. The van der Waals surface area contributed by atoms with Gasteiger partial charge < -0.3 is 55.1 Å². The molecule has 0 spiro atoms. The fraction of sp³-hybridized carbons (Fsp3) is 0.167. The molecule has 1 aliphatic heterocycles. The number of esters is 2. The van der Waals surface area contributed by atoms with E-state index in [0.29, 0.717) is 5.56 Å². The maximum Gasteiger partial charge on any atom is 0.345 e. The van der Waals surface area contributed by atoms with Crippen molar-refractivity contribution >= 4 is 30.0 Å². The molecule has 1 aliphatic rings. The molecule has 4 atom stereocenters.